The molecule has 2 rings (SSSR count). The number of para-hydroxylation sites is 2. The zero-order valence-corrected chi connectivity index (χ0v) is 7.95. The lowest BCUT2D eigenvalue weighted by molar-refractivity contribution is -0.676. The van der Waals surface area contributed by atoms with Crippen LogP contribution < -0.4 is 26.5 Å². The molecule has 0 spiro atoms. The molecule has 0 amide bonds. The molecule has 0 aliphatic carbocycles. The number of nitrogens with zero attached hydrogens (tertiary/aromatic N) is 3. The highest BCUT2D eigenvalue weighted by atomic mass is 16.5. The zero-order valence-electron chi connectivity index (χ0n) is 7.95. The van der Waals surface area contributed by atoms with Crippen LogP contribution in [-0.2, 0) is 0 Å². The van der Waals surface area contributed by atoms with Crippen LogP contribution in [0.5, 0.6) is 5.75 Å². The van der Waals surface area contributed by atoms with E-state index in [1.165, 1.54) is 10.9 Å². The van der Waals surface area contributed by atoms with Crippen LogP contribution in [0.4, 0.5) is 0 Å². The van der Waals surface area contributed by atoms with Crippen molar-refractivity contribution in [1.82, 2.24) is 11.4 Å². The number of rotatable bonds is 2. The van der Waals surface area contributed by atoms with Gasteiger partial charge < -0.3 is 9.26 Å². The van der Waals surface area contributed by atoms with Gasteiger partial charge in [0.1, 0.15) is 0 Å². The molecule has 0 bridgehead atoms. The van der Waals surface area contributed by atoms with Crippen molar-refractivity contribution in [3.63, 3.8) is 0 Å². The molecule has 1 aromatic heterocycles. The first-order chi connectivity index (χ1) is 6.81. The minimum atomic E-state index is -0.490. The molecule has 0 N–H and O–H groups in total. The van der Waals surface area contributed by atoms with Crippen LogP contribution in [0.2, 0.25) is 0 Å². The number of hydrogen-bond acceptors (Lipinski definition) is 3. The van der Waals surface area contributed by atoms with Gasteiger partial charge in [0.2, 0.25) is 5.69 Å². The van der Waals surface area contributed by atoms with Crippen molar-refractivity contribution >= 4 is 0 Å². The average Bonchev–Trinajstić information content (AvgIpc) is 2.65. The number of ether oxygens (including phenoxy) is 1. The van der Waals surface area contributed by atoms with Crippen molar-refractivity contribution in [3.05, 3.63) is 40.9 Å². The molecule has 0 saturated carbocycles. The summed E-state index contributed by atoms with van der Waals surface area (Å²) in [6, 6.07) is 7.22. The van der Waals surface area contributed by atoms with E-state index in [4.69, 9.17) is 4.74 Å². The van der Waals surface area contributed by atoms with Gasteiger partial charge in [0.15, 0.2) is 5.75 Å². The fraction of sp³-hybridized carbons (Fsp3) is 0.111. The molecule has 0 atom stereocenters. The second kappa shape index (κ2) is 4.43. The van der Waals surface area contributed by atoms with Crippen LogP contribution in [0.25, 0.3) is 5.69 Å². The molecule has 0 fully saturated rings. The van der Waals surface area contributed by atoms with Crippen molar-refractivity contribution in [2.24, 2.45) is 0 Å². The molecular formula is C9H8N3O3. The van der Waals surface area contributed by atoms with Crippen LogP contribution in [0.3, 0.4) is 0 Å². The van der Waals surface area contributed by atoms with Crippen molar-refractivity contribution in [1.29, 1.82) is 0 Å². The van der Waals surface area contributed by atoms with Crippen molar-refractivity contribution < 1.29 is 13.9 Å². The quantitative estimate of drug-likeness (QED) is 0.614. The van der Waals surface area contributed by atoms with Crippen molar-refractivity contribution in [2.45, 2.75) is 0 Å². The lowest BCUT2D eigenvalue weighted by Gasteiger charge is -2.02. The Hall–Kier alpha value is -2.08. The molecule has 0 aliphatic heterocycles. The Morgan fingerprint density at radius 1 is 1.40 bits per heavy atom. The summed E-state index contributed by atoms with van der Waals surface area (Å²) < 4.78 is 10.9. The third-order valence-electron chi connectivity index (χ3n) is 1.78. The van der Waals surface area contributed by atoms with Crippen molar-refractivity contribution in [3.8, 4) is 11.4 Å². The predicted octanol–water partition coefficient (Wildman–Crippen LogP) is -0.598. The maximum Gasteiger partial charge on any atom is 0.389 e. The molecule has 0 aliphatic rings. The molecule has 6 heteroatoms. The van der Waals surface area contributed by atoms with Gasteiger partial charge in [-0.25, -0.2) is 10.1 Å². The second-order valence-corrected chi connectivity index (χ2v) is 2.64. The first-order valence-corrected chi connectivity index (χ1v) is 4.00. The molecule has 0 unspecified atom stereocenters. The van der Waals surface area contributed by atoms with E-state index in [1.807, 2.05) is 12.1 Å². The molecule has 15 heavy (non-hydrogen) atoms. The highest BCUT2D eigenvalue weighted by molar-refractivity contribution is 5.39. The largest absolute Gasteiger partial charge is 0.490 e. The third-order valence-corrected chi connectivity index (χ3v) is 1.78. The molecule has 1 heterocycles. The highest BCUT2D eigenvalue weighted by Crippen LogP contribution is 2.15. The van der Waals surface area contributed by atoms with Gasteiger partial charge in [-0.15, -0.1) is 0 Å². The van der Waals surface area contributed by atoms with Gasteiger partial charge in [-0.1, -0.05) is 12.1 Å². The number of hydrogen-bond donors (Lipinski definition) is 0. The minimum absolute atomic E-state index is 0. The Bertz CT molecular complexity index is 489. The molecule has 2 aromatic rings. The normalized spacial score (nSPS) is 9.40. The maximum absolute atomic E-state index is 10.8. The average molecular weight is 206 g/mol. The fourth-order valence-electron chi connectivity index (χ4n) is 1.16. The van der Waals surface area contributed by atoms with Gasteiger partial charge in [-0.2, -0.15) is 4.68 Å². The lowest BCUT2D eigenvalue weighted by Crippen LogP contribution is -2.34. The second-order valence-electron chi connectivity index (χ2n) is 2.64. The summed E-state index contributed by atoms with van der Waals surface area (Å²) in [5, 5.41) is 3.54. The summed E-state index contributed by atoms with van der Waals surface area (Å²) in [6.45, 7) is 0. The molecule has 0 saturated heterocycles. The number of benzene rings is 1. The Kier molecular flexibility index (Phi) is 3.25. The smallest absolute Gasteiger partial charge is 0.389 e. The summed E-state index contributed by atoms with van der Waals surface area (Å²) in [5.74, 6) is 0.630. The van der Waals surface area contributed by atoms with E-state index in [-0.39, 0.29) is 6.15 Å². The van der Waals surface area contributed by atoms with Gasteiger partial charge in [0.25, 0.3) is 6.20 Å². The van der Waals surface area contributed by atoms with Gasteiger partial charge in [0.05, 0.1) is 7.11 Å². The van der Waals surface area contributed by atoms with E-state index in [0.29, 0.717) is 11.4 Å². The van der Waals surface area contributed by atoms with Gasteiger partial charge in [0, 0.05) is 12.2 Å². The molecular weight excluding hydrogens is 198 g/mol. The van der Waals surface area contributed by atoms with Crippen LogP contribution in [0, 0.1) is 0 Å². The minimum Gasteiger partial charge on any atom is -0.490 e. The number of methoxy groups -OCH3 is 1. The van der Waals surface area contributed by atoms with Crippen LogP contribution in [-0.4, -0.2) is 7.11 Å². The maximum atomic E-state index is 10.8. The van der Waals surface area contributed by atoms with Crippen molar-refractivity contribution in [2.75, 3.05) is 7.11 Å². The Morgan fingerprint density at radius 3 is 2.73 bits per heavy atom. The summed E-state index contributed by atoms with van der Waals surface area (Å²) in [6.07, 6.45) is 1.25. The summed E-state index contributed by atoms with van der Waals surface area (Å²) in [7, 11) is 1.55. The van der Waals surface area contributed by atoms with E-state index < -0.39 is 5.63 Å². The molecule has 3 radical (unpaired) electrons. The number of aromatic nitrogens is 2. The molecule has 77 valence electrons. The molecule has 1 aromatic carbocycles. The summed E-state index contributed by atoms with van der Waals surface area (Å²) in [5.41, 5.74) is 0.178. The Labute approximate surface area is 85.6 Å². The lowest BCUT2D eigenvalue weighted by atomic mass is 10.3. The van der Waals surface area contributed by atoms with E-state index in [1.54, 1.807) is 19.2 Å². The topological polar surface area (TPSA) is 87.9 Å². The van der Waals surface area contributed by atoms with E-state index in [9.17, 15) is 4.79 Å². The van der Waals surface area contributed by atoms with Crippen LogP contribution in [0.1, 0.15) is 0 Å². The predicted molar refractivity (Wildman–Crippen MR) is 48.5 cm³/mol. The standard InChI is InChI=1S/C9H8N2O3.N/c1-13-8-5-3-2-4-7(8)11-6-9(12)14-10-11;/h2-6H,1H3;. The van der Waals surface area contributed by atoms with E-state index in [0.717, 1.165) is 0 Å². The van der Waals surface area contributed by atoms with Gasteiger partial charge in [-0.3, -0.25) is 0 Å². The Morgan fingerprint density at radius 2 is 2.13 bits per heavy atom. The summed E-state index contributed by atoms with van der Waals surface area (Å²) >= 11 is 0. The SMILES string of the molecule is COc1ccccc1-[n+]1cc(=O)o[n-]1.[N]. The third kappa shape index (κ3) is 2.05. The highest BCUT2D eigenvalue weighted by Gasteiger charge is 2.09. The summed E-state index contributed by atoms with van der Waals surface area (Å²) in [4.78, 5) is 10.8. The van der Waals surface area contributed by atoms with Gasteiger partial charge >= 0.3 is 5.63 Å². The first-order valence-electron chi connectivity index (χ1n) is 4.00. The first kappa shape index (κ1) is 11.0. The molecule has 6 nitrogen and oxygen atoms in total. The zero-order chi connectivity index (χ0) is 9.97. The van der Waals surface area contributed by atoms with Crippen LogP contribution >= 0.6 is 0 Å². The van der Waals surface area contributed by atoms with E-state index in [2.05, 4.69) is 9.79 Å². The fourth-order valence-corrected chi connectivity index (χ4v) is 1.16. The van der Waals surface area contributed by atoms with Gasteiger partial charge in [-0.05, 0) is 6.07 Å². The Balaban J connectivity index is 0.00000112. The monoisotopic (exact) mass is 206 g/mol. The van der Waals surface area contributed by atoms with E-state index >= 15 is 0 Å². The van der Waals surface area contributed by atoms with Crippen LogP contribution in [0.15, 0.2) is 39.8 Å².